The van der Waals surface area contributed by atoms with Crippen molar-refractivity contribution in [3.8, 4) is 11.4 Å². The smallest absolute Gasteiger partial charge is 0.292 e. The molecule has 2 heterocycles. The van der Waals surface area contributed by atoms with E-state index >= 15 is 0 Å². The molecule has 0 aliphatic heterocycles. The van der Waals surface area contributed by atoms with E-state index in [2.05, 4.69) is 22.1 Å². The molecule has 3 rings (SSSR count). The van der Waals surface area contributed by atoms with Gasteiger partial charge in [-0.05, 0) is 19.1 Å². The van der Waals surface area contributed by atoms with Crippen LogP contribution >= 0.6 is 11.8 Å². The van der Waals surface area contributed by atoms with Crippen LogP contribution in [0.3, 0.4) is 0 Å². The number of para-hydroxylation sites is 2. The summed E-state index contributed by atoms with van der Waals surface area (Å²) in [6.07, 6.45) is 3.28. The molecular weight excluding hydrogens is 382 g/mol. The Hall–Kier alpha value is -3.40. The predicted octanol–water partition coefficient (Wildman–Crippen LogP) is 3.67. The highest BCUT2D eigenvalue weighted by Gasteiger charge is 2.19. The highest BCUT2D eigenvalue weighted by Crippen LogP contribution is 2.28. The Morgan fingerprint density at radius 3 is 2.86 bits per heavy atom. The second-order valence-corrected chi connectivity index (χ2v) is 6.65. The van der Waals surface area contributed by atoms with Crippen LogP contribution in [-0.2, 0) is 11.3 Å². The molecule has 144 valence electrons. The van der Waals surface area contributed by atoms with Crippen LogP contribution in [0.15, 0.2) is 58.8 Å². The van der Waals surface area contributed by atoms with Gasteiger partial charge >= 0.3 is 0 Å². The van der Waals surface area contributed by atoms with Crippen molar-refractivity contribution in [2.45, 2.75) is 18.6 Å². The molecule has 0 radical (unpaired) electrons. The third kappa shape index (κ3) is 4.12. The van der Waals surface area contributed by atoms with Gasteiger partial charge in [-0.1, -0.05) is 30.0 Å². The predicted molar refractivity (Wildman–Crippen MR) is 105 cm³/mol. The summed E-state index contributed by atoms with van der Waals surface area (Å²) < 4.78 is 7.15. The van der Waals surface area contributed by atoms with Crippen LogP contribution in [0.2, 0.25) is 0 Å². The number of nitrogens with zero attached hydrogens (tertiary/aromatic N) is 4. The number of rotatable bonds is 8. The number of hydrogen-bond donors (Lipinski definition) is 1. The maximum atomic E-state index is 12.3. The second-order valence-electron chi connectivity index (χ2n) is 5.71. The Kier molecular flexibility index (Phi) is 5.90. The van der Waals surface area contributed by atoms with Gasteiger partial charge < -0.3 is 9.73 Å². The molecule has 0 bridgehead atoms. The van der Waals surface area contributed by atoms with Crippen LogP contribution in [0.25, 0.3) is 11.4 Å². The molecule has 3 aromatic rings. The van der Waals surface area contributed by atoms with Gasteiger partial charge in [-0.15, -0.1) is 16.8 Å². The number of furan rings is 1. The molecule has 0 aliphatic rings. The van der Waals surface area contributed by atoms with Crippen LogP contribution in [0, 0.1) is 17.0 Å². The summed E-state index contributed by atoms with van der Waals surface area (Å²) >= 11 is 1.18. The number of benzene rings is 1. The maximum absolute atomic E-state index is 12.3. The highest BCUT2D eigenvalue weighted by molar-refractivity contribution is 7.99. The van der Waals surface area contributed by atoms with Crippen LogP contribution in [-0.4, -0.2) is 31.3 Å². The minimum absolute atomic E-state index is 0.0195. The summed E-state index contributed by atoms with van der Waals surface area (Å²) in [5.41, 5.74) is 0.805. The number of aryl methyl sites for hydroxylation is 1. The molecule has 1 amide bonds. The lowest BCUT2D eigenvalue weighted by atomic mass is 10.2. The fourth-order valence-corrected chi connectivity index (χ4v) is 3.31. The first kappa shape index (κ1) is 19.4. The van der Waals surface area contributed by atoms with Crippen LogP contribution in [0.4, 0.5) is 11.4 Å². The lowest BCUT2D eigenvalue weighted by Crippen LogP contribution is -2.15. The molecule has 28 heavy (non-hydrogen) atoms. The van der Waals surface area contributed by atoms with Gasteiger partial charge in [0.1, 0.15) is 11.4 Å². The van der Waals surface area contributed by atoms with E-state index in [1.54, 1.807) is 30.5 Å². The lowest BCUT2D eigenvalue weighted by molar-refractivity contribution is -0.383. The second kappa shape index (κ2) is 8.53. The standard InChI is InChI=1S/C18H17N5O4S/c1-3-9-22-17(13-8-10-27-12(13)2)20-21-18(22)28-11-16(24)19-14-6-4-5-7-15(14)23(25)26/h3-8,10H,1,9,11H2,2H3,(H,19,24). The minimum atomic E-state index is -0.539. The van der Waals surface area contributed by atoms with Crippen LogP contribution in [0.5, 0.6) is 0 Å². The zero-order chi connectivity index (χ0) is 20.1. The SMILES string of the molecule is C=CCn1c(SCC(=O)Nc2ccccc2[N+](=O)[O-])nnc1-c1ccoc1C. The van der Waals surface area contributed by atoms with Crippen molar-refractivity contribution < 1.29 is 14.1 Å². The molecule has 0 saturated heterocycles. The molecule has 0 unspecified atom stereocenters. The number of nitrogens with one attached hydrogen (secondary N) is 1. The minimum Gasteiger partial charge on any atom is -0.469 e. The van der Waals surface area contributed by atoms with Gasteiger partial charge in [0.25, 0.3) is 5.69 Å². The first-order valence-corrected chi connectivity index (χ1v) is 9.24. The van der Waals surface area contributed by atoms with E-state index in [1.165, 1.54) is 23.9 Å². The number of carbonyl (C=O) groups is 1. The molecule has 2 aromatic heterocycles. The average Bonchev–Trinajstić information content (AvgIpc) is 3.26. The Labute approximate surface area is 164 Å². The van der Waals surface area contributed by atoms with E-state index < -0.39 is 4.92 Å². The van der Waals surface area contributed by atoms with E-state index in [4.69, 9.17) is 4.42 Å². The Morgan fingerprint density at radius 1 is 1.39 bits per heavy atom. The van der Waals surface area contributed by atoms with Crippen molar-refractivity contribution >= 4 is 29.0 Å². The van der Waals surface area contributed by atoms with Crippen LogP contribution in [0.1, 0.15) is 5.76 Å². The summed E-state index contributed by atoms with van der Waals surface area (Å²) in [5, 5.41) is 22.5. The van der Waals surface area contributed by atoms with Crippen molar-refractivity contribution in [1.29, 1.82) is 0 Å². The largest absolute Gasteiger partial charge is 0.469 e. The normalized spacial score (nSPS) is 10.6. The molecule has 0 saturated carbocycles. The lowest BCUT2D eigenvalue weighted by Gasteiger charge is -2.08. The van der Waals surface area contributed by atoms with Gasteiger partial charge in [-0.25, -0.2) is 0 Å². The number of allylic oxidation sites excluding steroid dienone is 1. The molecule has 10 heteroatoms. The van der Waals surface area contributed by atoms with Gasteiger partial charge in [-0.2, -0.15) is 0 Å². The third-order valence-electron chi connectivity index (χ3n) is 3.84. The Morgan fingerprint density at radius 2 is 2.18 bits per heavy atom. The summed E-state index contributed by atoms with van der Waals surface area (Å²) in [6.45, 7) is 6.03. The quantitative estimate of drug-likeness (QED) is 0.266. The maximum Gasteiger partial charge on any atom is 0.292 e. The molecule has 0 aliphatic carbocycles. The van der Waals surface area contributed by atoms with Crippen molar-refractivity contribution in [3.05, 3.63) is 65.1 Å². The first-order chi connectivity index (χ1) is 13.5. The van der Waals surface area contributed by atoms with Crippen molar-refractivity contribution in [1.82, 2.24) is 14.8 Å². The number of thioether (sulfide) groups is 1. The number of anilines is 1. The van der Waals surface area contributed by atoms with Gasteiger partial charge in [0.2, 0.25) is 5.91 Å². The van der Waals surface area contributed by atoms with Gasteiger partial charge in [0, 0.05) is 12.6 Å². The van der Waals surface area contributed by atoms with Crippen molar-refractivity contribution in [2.75, 3.05) is 11.1 Å². The summed E-state index contributed by atoms with van der Waals surface area (Å²) in [4.78, 5) is 22.8. The third-order valence-corrected chi connectivity index (χ3v) is 4.80. The van der Waals surface area contributed by atoms with E-state index in [1.807, 2.05) is 11.5 Å². The van der Waals surface area contributed by atoms with Gasteiger partial charge in [0.05, 0.1) is 22.5 Å². The Balaban J connectivity index is 1.73. The zero-order valence-electron chi connectivity index (χ0n) is 15.0. The molecule has 1 N–H and O–H groups in total. The van der Waals surface area contributed by atoms with Crippen molar-refractivity contribution in [2.24, 2.45) is 0 Å². The Bertz CT molecular complexity index is 1030. The fourth-order valence-electron chi connectivity index (χ4n) is 2.56. The molecule has 0 spiro atoms. The number of nitro groups is 1. The molecule has 1 aromatic carbocycles. The van der Waals surface area contributed by atoms with E-state index in [-0.39, 0.29) is 23.0 Å². The van der Waals surface area contributed by atoms with E-state index in [0.717, 1.165) is 5.56 Å². The summed E-state index contributed by atoms with van der Waals surface area (Å²) in [5.74, 6) is 0.968. The number of carbonyl (C=O) groups excluding carboxylic acids is 1. The molecular formula is C18H17N5O4S. The molecule has 9 nitrogen and oxygen atoms in total. The topological polar surface area (TPSA) is 116 Å². The molecule has 0 atom stereocenters. The van der Waals surface area contributed by atoms with Crippen molar-refractivity contribution in [3.63, 3.8) is 0 Å². The van der Waals surface area contributed by atoms with Gasteiger partial charge in [0.15, 0.2) is 11.0 Å². The fraction of sp³-hybridized carbons (Fsp3) is 0.167. The summed E-state index contributed by atoms with van der Waals surface area (Å²) in [6, 6.07) is 7.79. The molecule has 0 fully saturated rings. The monoisotopic (exact) mass is 399 g/mol. The number of aromatic nitrogens is 3. The zero-order valence-corrected chi connectivity index (χ0v) is 15.8. The average molecular weight is 399 g/mol. The van der Waals surface area contributed by atoms with Gasteiger partial charge in [-0.3, -0.25) is 19.5 Å². The van der Waals surface area contributed by atoms with Crippen LogP contribution < -0.4 is 5.32 Å². The van der Waals surface area contributed by atoms with E-state index in [9.17, 15) is 14.9 Å². The first-order valence-electron chi connectivity index (χ1n) is 8.26. The highest BCUT2D eigenvalue weighted by atomic mass is 32.2. The summed E-state index contributed by atoms with van der Waals surface area (Å²) in [7, 11) is 0. The number of hydrogen-bond acceptors (Lipinski definition) is 7. The van der Waals surface area contributed by atoms with E-state index in [0.29, 0.717) is 23.3 Å². The number of amides is 1. The number of nitro benzene ring substituents is 1.